The van der Waals surface area contributed by atoms with E-state index in [-0.39, 0.29) is 11.7 Å². The predicted molar refractivity (Wildman–Crippen MR) is 131 cm³/mol. The van der Waals surface area contributed by atoms with Crippen LogP contribution in [-0.4, -0.2) is 51.5 Å². The molecule has 170 valence electrons. The minimum Gasteiger partial charge on any atom is -0.507 e. The molecule has 0 atom stereocenters. The number of nitrogens with one attached hydrogen (secondary N) is 1. The number of amides is 1. The highest BCUT2D eigenvalue weighted by Crippen LogP contribution is 2.31. The van der Waals surface area contributed by atoms with E-state index in [0.717, 1.165) is 52.2 Å². The maximum atomic E-state index is 12.8. The van der Waals surface area contributed by atoms with Crippen LogP contribution in [0.2, 0.25) is 0 Å². The van der Waals surface area contributed by atoms with Gasteiger partial charge in [0.25, 0.3) is 5.91 Å². The van der Waals surface area contributed by atoms with Crippen LogP contribution in [0.15, 0.2) is 54.9 Å². The number of piperazine rings is 1. The van der Waals surface area contributed by atoms with Gasteiger partial charge in [-0.25, -0.2) is 4.98 Å². The van der Waals surface area contributed by atoms with Gasteiger partial charge in [0.05, 0.1) is 29.1 Å². The molecule has 2 aromatic heterocycles. The number of aromatic hydroxyl groups is 1. The number of imidazole rings is 1. The van der Waals surface area contributed by atoms with Crippen LogP contribution >= 0.6 is 0 Å². The van der Waals surface area contributed by atoms with Gasteiger partial charge >= 0.3 is 0 Å². The number of carbonyl (C=O) groups is 1. The summed E-state index contributed by atoms with van der Waals surface area (Å²) in [4.78, 5) is 19.1. The van der Waals surface area contributed by atoms with Crippen LogP contribution in [0.3, 0.4) is 0 Å². The van der Waals surface area contributed by atoms with Crippen molar-refractivity contribution in [2.75, 3.05) is 26.2 Å². The third-order valence-electron chi connectivity index (χ3n) is 6.44. The molecule has 0 bridgehead atoms. The maximum Gasteiger partial charge on any atom is 0.257 e. The number of nitriles is 1. The summed E-state index contributed by atoms with van der Waals surface area (Å²) in [5, 5.41) is 23.2. The van der Waals surface area contributed by atoms with Crippen molar-refractivity contribution in [2.24, 2.45) is 0 Å². The second kappa shape index (κ2) is 8.65. The van der Waals surface area contributed by atoms with Crippen molar-refractivity contribution in [1.29, 1.82) is 5.26 Å². The monoisotopic (exact) mass is 451 g/mol. The van der Waals surface area contributed by atoms with E-state index in [0.29, 0.717) is 24.2 Å². The number of fused-ring (bicyclic) bond motifs is 1. The molecule has 1 amide bonds. The molecular weight excluding hydrogens is 426 g/mol. The van der Waals surface area contributed by atoms with Crippen molar-refractivity contribution in [3.05, 3.63) is 77.1 Å². The number of phenolic OH excluding ortho intramolecular Hbond substituents is 1. The van der Waals surface area contributed by atoms with Gasteiger partial charge in [-0.2, -0.15) is 5.26 Å². The van der Waals surface area contributed by atoms with Gasteiger partial charge in [-0.15, -0.1) is 0 Å². The van der Waals surface area contributed by atoms with E-state index in [1.54, 1.807) is 17.0 Å². The molecule has 1 aliphatic heterocycles. The van der Waals surface area contributed by atoms with Gasteiger partial charge in [0.1, 0.15) is 11.4 Å². The molecular formula is C27H25N5O2. The number of phenols is 1. The SMILES string of the molecule is Cc1cc(-c2cnc3ccc(-c4ccc(C(=O)N5CCNCC5)c(O)c4)cn23)c(C)cc1C#N. The van der Waals surface area contributed by atoms with Gasteiger partial charge in [0.2, 0.25) is 0 Å². The van der Waals surface area contributed by atoms with Crippen molar-refractivity contribution in [1.82, 2.24) is 19.6 Å². The Morgan fingerprint density at radius 2 is 1.82 bits per heavy atom. The molecule has 2 N–H and O–H groups in total. The summed E-state index contributed by atoms with van der Waals surface area (Å²) in [5.41, 5.74) is 7.36. The number of carbonyl (C=O) groups excluding carboxylic acids is 1. The Hall–Kier alpha value is -4.15. The van der Waals surface area contributed by atoms with Crippen LogP contribution in [0.25, 0.3) is 28.0 Å². The highest BCUT2D eigenvalue weighted by Gasteiger charge is 2.21. The summed E-state index contributed by atoms with van der Waals surface area (Å²) in [5.74, 6) is -0.171. The molecule has 0 saturated carbocycles. The molecule has 7 heteroatoms. The number of aryl methyl sites for hydroxylation is 2. The van der Waals surface area contributed by atoms with Crippen LogP contribution in [0.4, 0.5) is 0 Å². The van der Waals surface area contributed by atoms with E-state index >= 15 is 0 Å². The molecule has 1 fully saturated rings. The Labute approximate surface area is 197 Å². The number of rotatable bonds is 3. The third kappa shape index (κ3) is 3.78. The van der Waals surface area contributed by atoms with Gasteiger partial charge in [-0.1, -0.05) is 6.07 Å². The Bertz CT molecular complexity index is 1460. The van der Waals surface area contributed by atoms with E-state index in [1.807, 2.05) is 61.0 Å². The Kier molecular flexibility index (Phi) is 5.52. The summed E-state index contributed by atoms with van der Waals surface area (Å²) in [6.07, 6.45) is 3.82. The van der Waals surface area contributed by atoms with Crippen LogP contribution in [0, 0.1) is 25.2 Å². The number of hydrogen-bond donors (Lipinski definition) is 2. The van der Waals surface area contributed by atoms with Crippen LogP contribution in [-0.2, 0) is 0 Å². The number of benzene rings is 2. The molecule has 0 unspecified atom stereocenters. The zero-order valence-corrected chi connectivity index (χ0v) is 19.2. The van der Waals surface area contributed by atoms with Crippen molar-refractivity contribution < 1.29 is 9.90 Å². The molecule has 5 rings (SSSR count). The van der Waals surface area contributed by atoms with Crippen LogP contribution in [0.5, 0.6) is 5.75 Å². The molecule has 1 aliphatic rings. The Morgan fingerprint density at radius 3 is 2.56 bits per heavy atom. The molecule has 7 nitrogen and oxygen atoms in total. The number of nitrogens with zero attached hydrogens (tertiary/aromatic N) is 4. The fraction of sp³-hybridized carbons (Fsp3) is 0.222. The Morgan fingerprint density at radius 1 is 1.06 bits per heavy atom. The lowest BCUT2D eigenvalue weighted by atomic mass is 9.98. The summed E-state index contributed by atoms with van der Waals surface area (Å²) in [6, 6.07) is 15.3. The van der Waals surface area contributed by atoms with Crippen LogP contribution < -0.4 is 5.32 Å². The minimum atomic E-state index is -0.149. The van der Waals surface area contributed by atoms with E-state index in [4.69, 9.17) is 0 Å². The summed E-state index contributed by atoms with van der Waals surface area (Å²) in [6.45, 7) is 6.71. The first-order chi connectivity index (χ1) is 16.5. The zero-order valence-electron chi connectivity index (χ0n) is 19.2. The molecule has 0 aliphatic carbocycles. The number of aromatic nitrogens is 2. The first-order valence-corrected chi connectivity index (χ1v) is 11.3. The van der Waals surface area contributed by atoms with Gasteiger partial charge in [0, 0.05) is 37.9 Å². The second-order valence-electron chi connectivity index (χ2n) is 8.66. The largest absolute Gasteiger partial charge is 0.507 e. The molecule has 0 radical (unpaired) electrons. The summed E-state index contributed by atoms with van der Waals surface area (Å²) < 4.78 is 2.01. The predicted octanol–water partition coefficient (Wildman–Crippen LogP) is 3.91. The van der Waals surface area contributed by atoms with Crippen LogP contribution in [0.1, 0.15) is 27.0 Å². The maximum absolute atomic E-state index is 12.8. The molecule has 0 spiro atoms. The first-order valence-electron chi connectivity index (χ1n) is 11.3. The molecule has 2 aromatic carbocycles. The third-order valence-corrected chi connectivity index (χ3v) is 6.44. The van der Waals surface area contributed by atoms with Gasteiger partial charge in [-0.3, -0.25) is 9.20 Å². The van der Waals surface area contributed by atoms with Gasteiger partial charge in [-0.05, 0) is 72.5 Å². The van der Waals surface area contributed by atoms with Gasteiger partial charge in [0.15, 0.2) is 0 Å². The zero-order chi connectivity index (χ0) is 23.8. The van der Waals surface area contributed by atoms with Crippen molar-refractivity contribution in [3.8, 4) is 34.2 Å². The normalized spacial score (nSPS) is 13.7. The quantitative estimate of drug-likeness (QED) is 0.493. The lowest BCUT2D eigenvalue weighted by Crippen LogP contribution is -2.46. The number of hydrogen-bond acceptors (Lipinski definition) is 5. The number of pyridine rings is 1. The van der Waals surface area contributed by atoms with Crippen molar-refractivity contribution in [2.45, 2.75) is 13.8 Å². The average molecular weight is 452 g/mol. The van der Waals surface area contributed by atoms with E-state index in [2.05, 4.69) is 16.4 Å². The highest BCUT2D eigenvalue weighted by atomic mass is 16.3. The molecule has 4 aromatic rings. The first kappa shape index (κ1) is 21.7. The summed E-state index contributed by atoms with van der Waals surface area (Å²) in [7, 11) is 0. The molecule has 1 saturated heterocycles. The van der Waals surface area contributed by atoms with E-state index < -0.39 is 0 Å². The standard InChI is InChI=1S/C27H25N5O2/c1-17-12-23(18(2)11-21(17)14-28)24-15-30-26-6-4-20(16-32(24)26)19-3-5-22(25(33)13-19)27(34)31-9-7-29-8-10-31/h3-6,11-13,15-16,29,33H,7-10H2,1-2H3. The lowest BCUT2D eigenvalue weighted by Gasteiger charge is -2.27. The van der Waals surface area contributed by atoms with Gasteiger partial charge < -0.3 is 15.3 Å². The van der Waals surface area contributed by atoms with Crippen molar-refractivity contribution >= 4 is 11.6 Å². The Balaban J connectivity index is 1.52. The fourth-order valence-electron chi connectivity index (χ4n) is 4.49. The second-order valence-corrected chi connectivity index (χ2v) is 8.66. The smallest absolute Gasteiger partial charge is 0.257 e. The average Bonchev–Trinajstić information content (AvgIpc) is 3.28. The fourth-order valence-corrected chi connectivity index (χ4v) is 4.49. The summed E-state index contributed by atoms with van der Waals surface area (Å²) >= 11 is 0. The minimum absolute atomic E-state index is 0.0226. The topological polar surface area (TPSA) is 93.7 Å². The molecule has 3 heterocycles. The highest BCUT2D eigenvalue weighted by molar-refractivity contribution is 5.97. The van der Waals surface area contributed by atoms with E-state index in [9.17, 15) is 15.2 Å². The van der Waals surface area contributed by atoms with Crippen molar-refractivity contribution in [3.63, 3.8) is 0 Å². The lowest BCUT2D eigenvalue weighted by molar-refractivity contribution is 0.0733. The van der Waals surface area contributed by atoms with E-state index in [1.165, 1.54) is 0 Å². The molecule has 34 heavy (non-hydrogen) atoms.